The third kappa shape index (κ3) is 1.54. The van der Waals surface area contributed by atoms with Crippen LogP contribution in [-0.2, 0) is 0 Å². The third-order valence-electron chi connectivity index (χ3n) is 2.18. The highest BCUT2D eigenvalue weighted by atomic mass is 35.5. The van der Waals surface area contributed by atoms with Crippen LogP contribution in [0.15, 0.2) is 18.2 Å². The molecule has 0 atom stereocenters. The zero-order chi connectivity index (χ0) is 9.26. The van der Waals surface area contributed by atoms with E-state index in [9.17, 15) is 4.79 Å². The second-order valence-corrected chi connectivity index (χ2v) is 3.42. The Morgan fingerprint density at radius 2 is 2.31 bits per heavy atom. The first-order valence-corrected chi connectivity index (χ1v) is 4.62. The summed E-state index contributed by atoms with van der Waals surface area (Å²) in [5.74, 6) is 0.0214. The Morgan fingerprint density at radius 1 is 1.54 bits per heavy atom. The van der Waals surface area contributed by atoms with Gasteiger partial charge in [-0.2, -0.15) is 0 Å². The van der Waals surface area contributed by atoms with Gasteiger partial charge in [-0.1, -0.05) is 23.7 Å². The van der Waals surface area contributed by atoms with Gasteiger partial charge in [0.2, 0.25) is 0 Å². The van der Waals surface area contributed by atoms with Gasteiger partial charge in [0.05, 0.1) is 10.6 Å². The molecule has 0 aliphatic carbocycles. The van der Waals surface area contributed by atoms with Crippen LogP contribution in [0.4, 0.5) is 0 Å². The second-order valence-electron chi connectivity index (χ2n) is 3.04. The fourth-order valence-corrected chi connectivity index (χ4v) is 1.48. The number of nitrogens with zero attached hydrogens (tertiary/aromatic N) is 1. The van der Waals surface area contributed by atoms with E-state index in [1.54, 1.807) is 23.1 Å². The third-order valence-corrected chi connectivity index (χ3v) is 2.49. The van der Waals surface area contributed by atoms with Crippen molar-refractivity contribution in [2.45, 2.75) is 6.42 Å². The molecule has 0 N–H and O–H groups in total. The van der Waals surface area contributed by atoms with E-state index in [-0.39, 0.29) is 5.91 Å². The van der Waals surface area contributed by atoms with Gasteiger partial charge >= 0.3 is 0 Å². The van der Waals surface area contributed by atoms with E-state index in [0.29, 0.717) is 10.6 Å². The van der Waals surface area contributed by atoms with E-state index in [1.807, 2.05) is 0 Å². The predicted molar refractivity (Wildman–Crippen MR) is 50.8 cm³/mol. The van der Waals surface area contributed by atoms with Crippen molar-refractivity contribution in [1.29, 1.82) is 0 Å². The molecule has 3 heteroatoms. The number of hydrogen-bond donors (Lipinski definition) is 0. The molecule has 1 aromatic rings. The Balaban J connectivity index is 2.24. The topological polar surface area (TPSA) is 20.3 Å². The van der Waals surface area contributed by atoms with Gasteiger partial charge in [0, 0.05) is 19.2 Å². The normalized spacial score (nSPS) is 15.3. The number of rotatable bonds is 1. The molecule has 0 spiro atoms. The number of carbonyl (C=O) groups is 1. The molecule has 1 saturated heterocycles. The van der Waals surface area contributed by atoms with Crippen LogP contribution in [0.25, 0.3) is 0 Å². The number of hydrogen-bond acceptors (Lipinski definition) is 1. The molecule has 1 heterocycles. The van der Waals surface area contributed by atoms with Gasteiger partial charge in [-0.05, 0) is 12.5 Å². The van der Waals surface area contributed by atoms with E-state index in [2.05, 4.69) is 6.07 Å². The molecule has 0 unspecified atom stereocenters. The summed E-state index contributed by atoms with van der Waals surface area (Å²) in [6.45, 7) is 1.70. The molecule has 0 bridgehead atoms. The van der Waals surface area contributed by atoms with Crippen LogP contribution in [0.2, 0.25) is 5.02 Å². The molecule has 0 aromatic heterocycles. The molecule has 1 aliphatic rings. The van der Waals surface area contributed by atoms with Crippen molar-refractivity contribution in [2.24, 2.45) is 0 Å². The molecule has 67 valence electrons. The Hall–Kier alpha value is -1.02. The molecule has 1 aromatic carbocycles. The average molecular weight is 195 g/mol. The van der Waals surface area contributed by atoms with E-state index < -0.39 is 0 Å². The highest BCUT2D eigenvalue weighted by Crippen LogP contribution is 2.19. The van der Waals surface area contributed by atoms with Gasteiger partial charge in [-0.25, -0.2) is 0 Å². The van der Waals surface area contributed by atoms with Crippen LogP contribution in [0.5, 0.6) is 0 Å². The molecular weight excluding hydrogens is 186 g/mol. The maximum atomic E-state index is 11.7. The van der Waals surface area contributed by atoms with Crippen molar-refractivity contribution in [3.8, 4) is 0 Å². The molecule has 1 amide bonds. The van der Waals surface area contributed by atoms with Crippen molar-refractivity contribution in [2.75, 3.05) is 13.1 Å². The maximum Gasteiger partial charge on any atom is 0.255 e. The quantitative estimate of drug-likeness (QED) is 0.670. The lowest BCUT2D eigenvalue weighted by Crippen LogP contribution is -2.42. The number of halogens is 1. The SMILES string of the molecule is O=C(c1ccc[c]c1Cl)N1CCC1. The molecule has 1 radical (unpaired) electrons. The van der Waals surface area contributed by atoms with E-state index in [1.165, 1.54) is 0 Å². The van der Waals surface area contributed by atoms with Crippen molar-refractivity contribution in [1.82, 2.24) is 4.90 Å². The summed E-state index contributed by atoms with van der Waals surface area (Å²) in [5.41, 5.74) is 0.559. The Morgan fingerprint density at radius 3 is 2.85 bits per heavy atom. The van der Waals surface area contributed by atoms with Crippen LogP contribution < -0.4 is 0 Å². The number of amides is 1. The molecule has 2 nitrogen and oxygen atoms in total. The standard InChI is InChI=1S/C10H9ClNO/c11-9-5-2-1-4-8(9)10(13)12-6-3-7-12/h1-2,4H,3,6-7H2. The van der Waals surface area contributed by atoms with Crippen LogP contribution in [0, 0.1) is 6.07 Å². The summed E-state index contributed by atoms with van der Waals surface area (Å²) in [6.07, 6.45) is 1.10. The van der Waals surface area contributed by atoms with Gasteiger partial charge in [0.1, 0.15) is 0 Å². The van der Waals surface area contributed by atoms with Crippen LogP contribution >= 0.6 is 11.6 Å². The fraction of sp³-hybridized carbons (Fsp3) is 0.300. The minimum absolute atomic E-state index is 0.0214. The molecule has 1 fully saturated rings. The van der Waals surface area contributed by atoms with Crippen LogP contribution in [-0.4, -0.2) is 23.9 Å². The number of likely N-dealkylation sites (tertiary alicyclic amines) is 1. The largest absolute Gasteiger partial charge is 0.338 e. The maximum absolute atomic E-state index is 11.7. The average Bonchev–Trinajstić information content (AvgIpc) is 2.01. The lowest BCUT2D eigenvalue weighted by Gasteiger charge is -2.31. The van der Waals surface area contributed by atoms with Gasteiger partial charge in [-0.3, -0.25) is 4.79 Å². The summed E-state index contributed by atoms with van der Waals surface area (Å²) < 4.78 is 0. The highest BCUT2D eigenvalue weighted by Gasteiger charge is 2.22. The summed E-state index contributed by atoms with van der Waals surface area (Å²) in [5, 5.41) is 0.416. The fourth-order valence-electron chi connectivity index (χ4n) is 1.27. The first-order chi connectivity index (χ1) is 6.29. The summed E-state index contributed by atoms with van der Waals surface area (Å²) in [6, 6.07) is 8.02. The minimum atomic E-state index is 0.0214. The lowest BCUT2D eigenvalue weighted by molar-refractivity contribution is 0.0652. The molecule has 13 heavy (non-hydrogen) atoms. The Labute approximate surface area is 82.1 Å². The molecular formula is C10H9ClNO. The zero-order valence-corrected chi connectivity index (χ0v) is 7.84. The van der Waals surface area contributed by atoms with Crippen molar-refractivity contribution < 1.29 is 4.79 Å². The van der Waals surface area contributed by atoms with Gasteiger partial charge in [-0.15, -0.1) is 0 Å². The smallest absolute Gasteiger partial charge is 0.255 e. The molecule has 2 rings (SSSR count). The van der Waals surface area contributed by atoms with Gasteiger partial charge in [0.25, 0.3) is 5.91 Å². The molecule has 1 aliphatic heterocycles. The van der Waals surface area contributed by atoms with Crippen molar-refractivity contribution >= 4 is 17.5 Å². The highest BCUT2D eigenvalue weighted by molar-refractivity contribution is 6.33. The van der Waals surface area contributed by atoms with Gasteiger partial charge in [0.15, 0.2) is 0 Å². The zero-order valence-electron chi connectivity index (χ0n) is 7.09. The summed E-state index contributed by atoms with van der Waals surface area (Å²) in [4.78, 5) is 13.5. The van der Waals surface area contributed by atoms with E-state index >= 15 is 0 Å². The summed E-state index contributed by atoms with van der Waals surface area (Å²) >= 11 is 5.84. The predicted octanol–water partition coefficient (Wildman–Crippen LogP) is 1.99. The lowest BCUT2D eigenvalue weighted by atomic mass is 10.1. The van der Waals surface area contributed by atoms with E-state index in [4.69, 9.17) is 11.6 Å². The molecule has 0 saturated carbocycles. The van der Waals surface area contributed by atoms with Crippen LogP contribution in [0.3, 0.4) is 0 Å². The number of benzene rings is 1. The Kier molecular flexibility index (Phi) is 2.23. The monoisotopic (exact) mass is 194 g/mol. The minimum Gasteiger partial charge on any atom is -0.338 e. The van der Waals surface area contributed by atoms with Crippen molar-refractivity contribution in [3.63, 3.8) is 0 Å². The second kappa shape index (κ2) is 3.38. The first-order valence-electron chi connectivity index (χ1n) is 4.24. The first kappa shape index (κ1) is 8.57. The van der Waals surface area contributed by atoms with Crippen LogP contribution in [0.1, 0.15) is 16.8 Å². The number of carbonyl (C=O) groups excluding carboxylic acids is 1. The van der Waals surface area contributed by atoms with E-state index in [0.717, 1.165) is 19.5 Å². The Bertz CT molecular complexity index is 333. The van der Waals surface area contributed by atoms with Crippen molar-refractivity contribution in [3.05, 3.63) is 34.9 Å². The van der Waals surface area contributed by atoms with Gasteiger partial charge < -0.3 is 4.90 Å². The summed E-state index contributed by atoms with van der Waals surface area (Å²) in [7, 11) is 0.